The van der Waals surface area contributed by atoms with Gasteiger partial charge in [0.1, 0.15) is 0 Å². The molecule has 1 atom stereocenters. The summed E-state index contributed by atoms with van der Waals surface area (Å²) < 4.78 is 6.35. The molecule has 1 aliphatic carbocycles. The summed E-state index contributed by atoms with van der Waals surface area (Å²) in [6.45, 7) is 7.81. The van der Waals surface area contributed by atoms with Crippen molar-refractivity contribution in [3.05, 3.63) is 72.7 Å². The van der Waals surface area contributed by atoms with Crippen molar-refractivity contribution in [2.45, 2.75) is 26.2 Å². The molecule has 0 saturated heterocycles. The number of nitrogens with two attached hydrogens (primary N) is 1. The normalized spacial score (nSPS) is 14.8. The molecule has 2 aromatic rings. The van der Waals surface area contributed by atoms with Crippen molar-refractivity contribution in [3.63, 3.8) is 0 Å². The number of halogens is 2. The number of carbonyl (C=O) groups is 1. The molecule has 3 rings (SSSR count). The van der Waals surface area contributed by atoms with E-state index in [0.717, 1.165) is 23.9 Å². The summed E-state index contributed by atoms with van der Waals surface area (Å²) >= 11 is 12.5. The average Bonchev–Trinajstić information content (AvgIpc) is 2.63. The first-order chi connectivity index (χ1) is 14.6. The first-order valence-electron chi connectivity index (χ1n) is 9.34. The number of rotatable bonds is 7. The molecular formula is C20H19Cl2LiN5O4-. The van der Waals surface area contributed by atoms with Crippen LogP contribution in [0.3, 0.4) is 0 Å². The molecule has 1 aromatic heterocycles. The third-order valence-corrected chi connectivity index (χ3v) is 5.77. The zero-order valence-corrected chi connectivity index (χ0v) is 19.0. The molecule has 12 heteroatoms. The molecule has 1 amide bonds. The fourth-order valence-corrected chi connectivity index (χ4v) is 3.80. The number of allylic oxidation sites excluding steroid dienone is 1. The molecule has 1 aromatic carbocycles. The average molecular weight is 471 g/mol. The number of amides is 1. The van der Waals surface area contributed by atoms with Gasteiger partial charge in [0, 0.05) is 0 Å². The van der Waals surface area contributed by atoms with Crippen LogP contribution in [0.4, 0.5) is 5.82 Å². The second-order valence-electron chi connectivity index (χ2n) is 7.21. The van der Waals surface area contributed by atoms with Crippen molar-refractivity contribution >= 4 is 34.9 Å². The van der Waals surface area contributed by atoms with E-state index in [1.807, 2.05) is 11.9 Å². The first-order valence-corrected chi connectivity index (χ1v) is 10.1. The molecule has 0 spiro atoms. The second-order valence-corrected chi connectivity index (χ2v) is 8.02. The Morgan fingerprint density at radius 1 is 1.38 bits per heavy atom. The van der Waals surface area contributed by atoms with Gasteiger partial charge in [0.25, 0.3) is 5.56 Å². The van der Waals surface area contributed by atoms with E-state index in [1.54, 1.807) is 0 Å². The summed E-state index contributed by atoms with van der Waals surface area (Å²) in [5, 5.41) is 3.68. The SMILES string of the molecule is [CH-]=C(/C=C(\C([NH-])=O)[C@@H](C)C1CCC1)Oc1c(Cl)cc(-n2nc(N)c(=O)[nH]c2=O)cc1Cl.[Li+]. The van der Waals surface area contributed by atoms with Gasteiger partial charge in [-0.1, -0.05) is 42.1 Å². The van der Waals surface area contributed by atoms with Gasteiger partial charge < -0.3 is 21.0 Å². The number of nitrogen functional groups attached to an aromatic ring is 1. The van der Waals surface area contributed by atoms with Gasteiger partial charge in [-0.05, 0) is 42.6 Å². The summed E-state index contributed by atoms with van der Waals surface area (Å²) in [5.74, 6) is -1.22. The van der Waals surface area contributed by atoms with E-state index in [-0.39, 0.29) is 57.6 Å². The molecule has 0 radical (unpaired) electrons. The largest absolute Gasteiger partial charge is 1.00 e. The van der Waals surface area contributed by atoms with Crippen molar-refractivity contribution in [1.29, 1.82) is 0 Å². The number of hydrogen-bond donors (Lipinski definition) is 2. The summed E-state index contributed by atoms with van der Waals surface area (Å²) in [6, 6.07) is 2.64. The van der Waals surface area contributed by atoms with Crippen LogP contribution in [-0.2, 0) is 4.79 Å². The van der Waals surface area contributed by atoms with Gasteiger partial charge in [0.15, 0.2) is 5.75 Å². The predicted molar refractivity (Wildman–Crippen MR) is 117 cm³/mol. The minimum atomic E-state index is -0.836. The monoisotopic (exact) mass is 470 g/mol. The number of nitrogens with zero attached hydrogens (tertiary/aromatic N) is 2. The number of anilines is 1. The van der Waals surface area contributed by atoms with Crippen molar-refractivity contribution in [3.8, 4) is 11.4 Å². The number of carbonyl (C=O) groups excluding carboxylic acids is 1. The van der Waals surface area contributed by atoms with Crippen molar-refractivity contribution in [1.82, 2.24) is 14.8 Å². The maximum atomic E-state index is 12.0. The van der Waals surface area contributed by atoms with Crippen molar-refractivity contribution < 1.29 is 28.4 Å². The van der Waals surface area contributed by atoms with Crippen LogP contribution in [0.5, 0.6) is 5.75 Å². The smallest absolute Gasteiger partial charge is 0.665 e. The molecule has 164 valence electrons. The van der Waals surface area contributed by atoms with Gasteiger partial charge >= 0.3 is 24.6 Å². The molecule has 9 nitrogen and oxygen atoms in total. The Labute approximate surface area is 205 Å². The van der Waals surface area contributed by atoms with Crippen molar-refractivity contribution in [2.24, 2.45) is 11.8 Å². The molecule has 1 fully saturated rings. The molecule has 4 N–H and O–H groups in total. The van der Waals surface area contributed by atoms with Gasteiger partial charge in [-0.2, -0.15) is 10.8 Å². The van der Waals surface area contributed by atoms with E-state index in [2.05, 4.69) is 5.10 Å². The van der Waals surface area contributed by atoms with E-state index < -0.39 is 23.0 Å². The number of benzene rings is 1. The van der Waals surface area contributed by atoms with Crippen LogP contribution in [0.2, 0.25) is 10.0 Å². The fraction of sp³-hybridized carbons (Fsp3) is 0.300. The van der Waals surface area contributed by atoms with Crippen LogP contribution in [0.25, 0.3) is 11.4 Å². The minimum absolute atomic E-state index is 0. The second kappa shape index (κ2) is 10.4. The van der Waals surface area contributed by atoms with E-state index in [4.69, 9.17) is 46.0 Å². The zero-order valence-electron chi connectivity index (χ0n) is 17.4. The van der Waals surface area contributed by atoms with E-state index >= 15 is 0 Å². The van der Waals surface area contributed by atoms with Gasteiger partial charge in [-0.15, -0.1) is 5.10 Å². The number of nitrogens with one attached hydrogen (secondary N) is 2. The maximum absolute atomic E-state index is 12.0. The van der Waals surface area contributed by atoms with Gasteiger partial charge in [-0.3, -0.25) is 9.78 Å². The third-order valence-electron chi connectivity index (χ3n) is 5.21. The van der Waals surface area contributed by atoms with E-state index in [0.29, 0.717) is 5.92 Å². The fourth-order valence-electron chi connectivity index (χ4n) is 3.25. The molecule has 0 unspecified atom stereocenters. The number of ether oxygens (including phenoxy) is 1. The van der Waals surface area contributed by atoms with Gasteiger partial charge in [0.05, 0.1) is 21.6 Å². The predicted octanol–water partition coefficient (Wildman–Crippen LogP) is 0.451. The van der Waals surface area contributed by atoms with Crippen LogP contribution in [0.15, 0.2) is 39.1 Å². The molecule has 1 heterocycles. The molecule has 1 aliphatic rings. The Hall–Kier alpha value is -2.44. The summed E-state index contributed by atoms with van der Waals surface area (Å²) in [5.41, 5.74) is 11.7. The van der Waals surface area contributed by atoms with E-state index in [1.165, 1.54) is 18.2 Å². The van der Waals surface area contributed by atoms with Crippen LogP contribution in [-0.4, -0.2) is 20.7 Å². The number of hydrogen-bond acceptors (Lipinski definition) is 6. The maximum Gasteiger partial charge on any atom is 1.00 e. The minimum Gasteiger partial charge on any atom is -0.665 e. The van der Waals surface area contributed by atoms with Crippen LogP contribution >= 0.6 is 23.2 Å². The Balaban J connectivity index is 0.00000363. The Kier molecular flexibility index (Phi) is 8.43. The summed E-state index contributed by atoms with van der Waals surface area (Å²) in [7, 11) is 0. The molecule has 0 aliphatic heterocycles. The summed E-state index contributed by atoms with van der Waals surface area (Å²) in [4.78, 5) is 37.2. The third kappa shape index (κ3) is 5.48. The van der Waals surface area contributed by atoms with Gasteiger partial charge in [0.2, 0.25) is 5.82 Å². The molecule has 32 heavy (non-hydrogen) atoms. The van der Waals surface area contributed by atoms with Gasteiger partial charge in [-0.25, -0.2) is 11.4 Å². The topological polar surface area (TPSA) is 144 Å². The first kappa shape index (κ1) is 25.8. The number of H-pyrrole nitrogens is 1. The van der Waals surface area contributed by atoms with Crippen LogP contribution < -0.4 is 40.6 Å². The Morgan fingerprint density at radius 3 is 2.47 bits per heavy atom. The molecular weight excluding hydrogens is 452 g/mol. The quantitative estimate of drug-likeness (QED) is 0.197. The van der Waals surface area contributed by atoms with Crippen LogP contribution in [0.1, 0.15) is 26.2 Å². The molecule has 0 bridgehead atoms. The summed E-state index contributed by atoms with van der Waals surface area (Å²) in [6.07, 6.45) is 4.40. The zero-order chi connectivity index (χ0) is 22.9. The Bertz CT molecular complexity index is 1180. The number of aromatic amines is 1. The van der Waals surface area contributed by atoms with Crippen LogP contribution in [0, 0.1) is 18.4 Å². The van der Waals surface area contributed by atoms with Crippen molar-refractivity contribution in [2.75, 3.05) is 5.73 Å². The standard InChI is InChI=1S/C20H20Cl2N5O4.Li/c1-9(6-13(18(24)28)10(2)11-4-3-5-11)31-16-14(21)7-12(8-15(16)22)27-20(30)25-19(29)17(23)26-27;/h1,6-8,10-11H,3-5H2,2H3,(H5,23,24,25,26,28,29,30);/q-1;+1/p-1/b13-6-;/t10-;/m0./s1. The Morgan fingerprint density at radius 2 is 1.97 bits per heavy atom. The number of aromatic nitrogens is 3. The van der Waals surface area contributed by atoms with E-state index in [9.17, 15) is 14.4 Å². The molecule has 1 saturated carbocycles.